The van der Waals surface area contributed by atoms with Gasteiger partial charge in [0.15, 0.2) is 0 Å². The van der Waals surface area contributed by atoms with Gasteiger partial charge < -0.3 is 4.74 Å². The van der Waals surface area contributed by atoms with Crippen LogP contribution in [0, 0.1) is 23.2 Å². The Bertz CT molecular complexity index is 539. The maximum atomic E-state index is 12.2. The molecule has 3 unspecified atom stereocenters. The molecule has 1 aromatic carbocycles. The van der Waals surface area contributed by atoms with E-state index in [-0.39, 0.29) is 5.97 Å². The number of hydrogen-bond acceptors (Lipinski definition) is 2. The molecule has 1 aliphatic rings. The number of carbonyl (C=O) groups is 1. The molecule has 0 radical (unpaired) electrons. The van der Waals surface area contributed by atoms with Gasteiger partial charge in [0, 0.05) is 6.42 Å². The second-order valence-electron chi connectivity index (χ2n) is 9.51. The molecular weight excluding hydrogens is 380 g/mol. The molecule has 2 heteroatoms. The third-order valence-corrected chi connectivity index (χ3v) is 5.37. The molecule has 31 heavy (non-hydrogen) atoms. The largest absolute Gasteiger partial charge is 0.427 e. The molecule has 0 aliphatic heterocycles. The molecule has 0 heterocycles. The van der Waals surface area contributed by atoms with E-state index in [0.717, 1.165) is 31.1 Å². The Morgan fingerprint density at radius 3 is 2.00 bits per heavy atom. The van der Waals surface area contributed by atoms with Crippen molar-refractivity contribution >= 4 is 5.97 Å². The number of hydrogen-bond donors (Lipinski definition) is 0. The smallest absolute Gasteiger partial charge is 0.311 e. The molecule has 3 atom stereocenters. The van der Waals surface area contributed by atoms with Gasteiger partial charge in [-0.1, -0.05) is 101 Å². The maximum absolute atomic E-state index is 12.2. The van der Waals surface area contributed by atoms with Crippen molar-refractivity contribution in [1.29, 1.82) is 0 Å². The summed E-state index contributed by atoms with van der Waals surface area (Å²) in [5.74, 6) is 2.65. The highest BCUT2D eigenvalue weighted by atomic mass is 16.5. The molecule has 0 bridgehead atoms. The Kier molecular flexibility index (Phi) is 18.8. The monoisotopic (exact) mass is 434 g/mol. The number of esters is 1. The number of benzene rings is 1. The minimum Gasteiger partial charge on any atom is -0.427 e. The number of aryl methyl sites for hydroxylation is 1. The summed E-state index contributed by atoms with van der Waals surface area (Å²) in [6.07, 6.45) is 7.91. The number of ether oxygens (including phenoxy) is 1. The fourth-order valence-electron chi connectivity index (χ4n) is 3.89. The third-order valence-electron chi connectivity index (χ3n) is 5.37. The van der Waals surface area contributed by atoms with Crippen LogP contribution in [0.25, 0.3) is 0 Å². The van der Waals surface area contributed by atoms with Gasteiger partial charge in [0.25, 0.3) is 0 Å². The molecule has 0 amide bonds. The van der Waals surface area contributed by atoms with Crippen LogP contribution in [0.5, 0.6) is 5.75 Å². The second kappa shape index (κ2) is 18.3. The molecule has 0 aromatic heterocycles. The van der Waals surface area contributed by atoms with E-state index < -0.39 is 0 Å². The van der Waals surface area contributed by atoms with Crippen molar-refractivity contribution in [3.8, 4) is 5.75 Å². The zero-order chi connectivity index (χ0) is 24.4. The lowest BCUT2D eigenvalue weighted by molar-refractivity contribution is -0.135. The molecule has 0 spiro atoms. The summed E-state index contributed by atoms with van der Waals surface area (Å²) in [5, 5.41) is 0. The summed E-state index contributed by atoms with van der Waals surface area (Å²) in [6, 6.07) is 8.02. The first-order valence-corrected chi connectivity index (χ1v) is 13.0. The predicted octanol–water partition coefficient (Wildman–Crippen LogP) is 9.50. The van der Waals surface area contributed by atoms with Gasteiger partial charge in [0.1, 0.15) is 5.75 Å². The van der Waals surface area contributed by atoms with Crippen LogP contribution in [-0.2, 0) is 11.2 Å². The number of carbonyl (C=O) groups excluding carboxylic acids is 1. The van der Waals surface area contributed by atoms with Crippen LogP contribution in [0.15, 0.2) is 24.3 Å². The van der Waals surface area contributed by atoms with Gasteiger partial charge in [-0.15, -0.1) is 0 Å². The molecule has 1 aliphatic carbocycles. The SMILES string of the molecule is CC.CC.CC.CC1CCC(CC(C)CC(=O)Oc2ccc(CCC(C)(C)C)cc2)C1. The molecule has 1 saturated carbocycles. The second-order valence-corrected chi connectivity index (χ2v) is 9.51. The average molecular weight is 435 g/mol. The van der Waals surface area contributed by atoms with E-state index in [1.165, 1.54) is 24.8 Å². The lowest BCUT2D eigenvalue weighted by Gasteiger charge is -2.18. The third kappa shape index (κ3) is 16.0. The summed E-state index contributed by atoms with van der Waals surface area (Å²) in [7, 11) is 0. The summed E-state index contributed by atoms with van der Waals surface area (Å²) in [5.41, 5.74) is 1.65. The zero-order valence-electron chi connectivity index (χ0n) is 22.8. The maximum Gasteiger partial charge on any atom is 0.311 e. The Hall–Kier alpha value is -1.31. The normalized spacial score (nSPS) is 18.3. The van der Waals surface area contributed by atoms with Crippen molar-refractivity contribution in [2.24, 2.45) is 23.2 Å². The van der Waals surface area contributed by atoms with E-state index in [9.17, 15) is 4.79 Å². The first-order chi connectivity index (χ1) is 14.7. The van der Waals surface area contributed by atoms with Crippen LogP contribution < -0.4 is 4.74 Å². The molecule has 182 valence electrons. The van der Waals surface area contributed by atoms with Crippen molar-refractivity contribution in [3.63, 3.8) is 0 Å². The molecule has 0 N–H and O–H groups in total. The number of rotatable bonds is 7. The molecule has 1 aromatic rings. The lowest BCUT2D eigenvalue weighted by Crippen LogP contribution is -2.14. The molecule has 2 rings (SSSR count). The van der Waals surface area contributed by atoms with Crippen LogP contribution in [0.2, 0.25) is 0 Å². The molecule has 1 fully saturated rings. The van der Waals surface area contributed by atoms with E-state index in [1.54, 1.807) is 0 Å². The standard InChI is InChI=1S/C23H36O2.3C2H6/c1-17-6-7-20(14-17)15-18(2)16-22(24)25-21-10-8-19(9-11-21)12-13-23(3,4)5;3*1-2/h8-11,17-18,20H,6-7,12-16H2,1-5H3;3*1-2H3. The van der Waals surface area contributed by atoms with Gasteiger partial charge >= 0.3 is 5.97 Å². The predicted molar refractivity (Wildman–Crippen MR) is 139 cm³/mol. The Labute approximate surface area is 195 Å². The summed E-state index contributed by atoms with van der Waals surface area (Å²) in [6.45, 7) is 23.3. The van der Waals surface area contributed by atoms with Crippen molar-refractivity contribution in [3.05, 3.63) is 29.8 Å². The average Bonchev–Trinajstić information content (AvgIpc) is 3.15. The Morgan fingerprint density at radius 2 is 1.55 bits per heavy atom. The molecule has 2 nitrogen and oxygen atoms in total. The highest BCUT2D eigenvalue weighted by Crippen LogP contribution is 2.35. The van der Waals surface area contributed by atoms with Crippen LogP contribution >= 0.6 is 0 Å². The summed E-state index contributed by atoms with van der Waals surface area (Å²) >= 11 is 0. The van der Waals surface area contributed by atoms with Crippen LogP contribution in [0.1, 0.15) is 120 Å². The highest BCUT2D eigenvalue weighted by molar-refractivity contribution is 5.72. The lowest BCUT2D eigenvalue weighted by atomic mass is 9.89. The Balaban J connectivity index is 0. The van der Waals surface area contributed by atoms with Crippen LogP contribution in [-0.4, -0.2) is 5.97 Å². The summed E-state index contributed by atoms with van der Waals surface area (Å²) in [4.78, 5) is 12.2. The first kappa shape index (κ1) is 31.9. The topological polar surface area (TPSA) is 26.3 Å². The Morgan fingerprint density at radius 1 is 1.00 bits per heavy atom. The minimum absolute atomic E-state index is 0.0963. The van der Waals surface area contributed by atoms with Crippen LogP contribution in [0.3, 0.4) is 0 Å². The highest BCUT2D eigenvalue weighted by Gasteiger charge is 2.24. The van der Waals surface area contributed by atoms with E-state index >= 15 is 0 Å². The van der Waals surface area contributed by atoms with Gasteiger partial charge in [-0.05, 0) is 66.5 Å². The van der Waals surface area contributed by atoms with Gasteiger partial charge in [0.2, 0.25) is 0 Å². The van der Waals surface area contributed by atoms with Gasteiger partial charge in [-0.2, -0.15) is 0 Å². The van der Waals surface area contributed by atoms with Gasteiger partial charge in [-0.3, -0.25) is 4.79 Å². The van der Waals surface area contributed by atoms with Gasteiger partial charge in [0.05, 0.1) is 0 Å². The van der Waals surface area contributed by atoms with E-state index in [4.69, 9.17) is 4.74 Å². The fraction of sp³-hybridized carbons (Fsp3) is 0.759. The van der Waals surface area contributed by atoms with Crippen molar-refractivity contribution in [2.45, 2.75) is 121 Å². The minimum atomic E-state index is -0.0963. The first-order valence-electron chi connectivity index (χ1n) is 13.0. The van der Waals surface area contributed by atoms with E-state index in [1.807, 2.05) is 53.7 Å². The molecular formula is C29H54O2. The van der Waals surface area contributed by atoms with Crippen molar-refractivity contribution in [1.82, 2.24) is 0 Å². The van der Waals surface area contributed by atoms with E-state index in [0.29, 0.717) is 23.5 Å². The molecule has 0 saturated heterocycles. The fourth-order valence-corrected chi connectivity index (χ4v) is 3.89. The summed E-state index contributed by atoms with van der Waals surface area (Å²) < 4.78 is 5.53. The van der Waals surface area contributed by atoms with Crippen LogP contribution in [0.4, 0.5) is 0 Å². The van der Waals surface area contributed by atoms with Crippen molar-refractivity contribution < 1.29 is 9.53 Å². The quantitative estimate of drug-likeness (QED) is 0.315. The van der Waals surface area contributed by atoms with Crippen molar-refractivity contribution in [2.75, 3.05) is 0 Å². The van der Waals surface area contributed by atoms with E-state index in [2.05, 4.69) is 46.8 Å². The van der Waals surface area contributed by atoms with Gasteiger partial charge in [-0.25, -0.2) is 0 Å². The zero-order valence-corrected chi connectivity index (χ0v) is 22.8.